The number of rotatable bonds is 8. The molecule has 6 nitrogen and oxygen atoms in total. The van der Waals surface area contributed by atoms with Crippen LogP contribution < -0.4 is 5.32 Å². The van der Waals surface area contributed by atoms with E-state index in [1.165, 1.54) is 23.1 Å². The maximum absolute atomic E-state index is 12.9. The Morgan fingerprint density at radius 2 is 2.00 bits per heavy atom. The van der Waals surface area contributed by atoms with Crippen molar-refractivity contribution in [2.24, 2.45) is 0 Å². The summed E-state index contributed by atoms with van der Waals surface area (Å²) in [5, 5.41) is 2.53. The molecule has 0 spiro atoms. The zero-order chi connectivity index (χ0) is 20.7. The SMILES string of the molecule is C=CCNC(=O)c1coc(CN(CC=C)C(=O)c2cccc(C(F)(F)F)c2)n1. The van der Waals surface area contributed by atoms with Gasteiger partial charge in [0.1, 0.15) is 6.26 Å². The summed E-state index contributed by atoms with van der Waals surface area (Å²) in [4.78, 5) is 29.7. The molecular weight excluding hydrogens is 375 g/mol. The molecule has 148 valence electrons. The predicted molar refractivity (Wildman–Crippen MR) is 95.4 cm³/mol. The lowest BCUT2D eigenvalue weighted by atomic mass is 10.1. The zero-order valence-electron chi connectivity index (χ0n) is 14.8. The summed E-state index contributed by atoms with van der Waals surface area (Å²) < 4.78 is 43.9. The van der Waals surface area contributed by atoms with Gasteiger partial charge in [-0.15, -0.1) is 13.2 Å². The molecule has 0 saturated heterocycles. The molecule has 0 radical (unpaired) electrons. The maximum atomic E-state index is 12.9. The Labute approximate surface area is 159 Å². The number of halogens is 3. The number of hydrogen-bond donors (Lipinski definition) is 1. The number of carbonyl (C=O) groups is 2. The molecule has 1 aromatic carbocycles. The standard InChI is InChI=1S/C19H18F3N3O3/c1-3-8-23-17(26)15-12-28-16(24-15)11-25(9-4-2)18(27)13-6-5-7-14(10-13)19(20,21)22/h3-7,10,12H,1-2,8-9,11H2,(H,23,26). The van der Waals surface area contributed by atoms with Gasteiger partial charge < -0.3 is 14.6 Å². The van der Waals surface area contributed by atoms with Crippen molar-refractivity contribution >= 4 is 11.8 Å². The van der Waals surface area contributed by atoms with Gasteiger partial charge in [0.15, 0.2) is 5.69 Å². The molecule has 2 amide bonds. The van der Waals surface area contributed by atoms with Crippen LogP contribution in [0.4, 0.5) is 13.2 Å². The molecule has 0 atom stereocenters. The van der Waals surface area contributed by atoms with Crippen molar-refractivity contribution in [1.29, 1.82) is 0 Å². The molecule has 0 saturated carbocycles. The molecule has 1 N–H and O–H groups in total. The second kappa shape index (κ2) is 9.03. The number of amides is 2. The lowest BCUT2D eigenvalue weighted by molar-refractivity contribution is -0.137. The molecule has 1 heterocycles. The Bertz CT molecular complexity index is 875. The number of aromatic nitrogens is 1. The van der Waals surface area contributed by atoms with Crippen LogP contribution in [0.15, 0.2) is 60.3 Å². The molecule has 28 heavy (non-hydrogen) atoms. The molecule has 1 aromatic heterocycles. The van der Waals surface area contributed by atoms with Crippen molar-refractivity contribution < 1.29 is 27.2 Å². The van der Waals surface area contributed by atoms with Crippen LogP contribution in [0.25, 0.3) is 0 Å². The van der Waals surface area contributed by atoms with E-state index in [0.717, 1.165) is 24.5 Å². The van der Waals surface area contributed by atoms with E-state index in [1.807, 2.05) is 0 Å². The first-order chi connectivity index (χ1) is 13.3. The number of nitrogens with zero attached hydrogens (tertiary/aromatic N) is 2. The molecule has 2 rings (SSSR count). The number of hydrogen-bond acceptors (Lipinski definition) is 4. The topological polar surface area (TPSA) is 75.4 Å². The van der Waals surface area contributed by atoms with E-state index in [9.17, 15) is 22.8 Å². The number of alkyl halides is 3. The Hall–Kier alpha value is -3.36. The molecule has 9 heteroatoms. The first-order valence-electron chi connectivity index (χ1n) is 8.17. The van der Waals surface area contributed by atoms with Crippen molar-refractivity contribution in [2.75, 3.05) is 13.1 Å². The van der Waals surface area contributed by atoms with E-state index in [0.29, 0.717) is 0 Å². The third-order valence-electron chi connectivity index (χ3n) is 3.59. The van der Waals surface area contributed by atoms with Crippen LogP contribution in [0.5, 0.6) is 0 Å². The predicted octanol–water partition coefficient (Wildman–Crippen LogP) is 3.44. The van der Waals surface area contributed by atoms with Gasteiger partial charge in [-0.25, -0.2) is 4.98 Å². The lowest BCUT2D eigenvalue weighted by Gasteiger charge is -2.20. The highest BCUT2D eigenvalue weighted by Crippen LogP contribution is 2.29. The van der Waals surface area contributed by atoms with Gasteiger partial charge in [0.25, 0.3) is 11.8 Å². The second-order valence-corrected chi connectivity index (χ2v) is 5.68. The molecular formula is C19H18F3N3O3. The minimum atomic E-state index is -4.56. The average molecular weight is 393 g/mol. The summed E-state index contributed by atoms with van der Waals surface area (Å²) in [5.74, 6) is -1.07. The van der Waals surface area contributed by atoms with Crippen molar-refractivity contribution in [3.05, 3.63) is 78.6 Å². The zero-order valence-corrected chi connectivity index (χ0v) is 14.8. The summed E-state index contributed by atoms with van der Waals surface area (Å²) in [6.07, 6.45) is -0.505. The van der Waals surface area contributed by atoms with Gasteiger partial charge >= 0.3 is 6.18 Å². The highest BCUT2D eigenvalue weighted by atomic mass is 19.4. The fraction of sp³-hybridized carbons (Fsp3) is 0.211. The highest BCUT2D eigenvalue weighted by Gasteiger charge is 2.31. The lowest BCUT2D eigenvalue weighted by Crippen LogP contribution is -2.31. The minimum absolute atomic E-state index is 0.0157. The Balaban J connectivity index is 2.18. The molecule has 0 aliphatic carbocycles. The molecule has 0 fully saturated rings. The summed E-state index contributed by atoms with van der Waals surface area (Å²) >= 11 is 0. The fourth-order valence-electron chi connectivity index (χ4n) is 2.29. The maximum Gasteiger partial charge on any atom is 0.416 e. The largest absolute Gasteiger partial charge is 0.446 e. The first kappa shape index (κ1) is 20.9. The first-order valence-corrected chi connectivity index (χ1v) is 8.17. The molecule has 0 aliphatic heterocycles. The van der Waals surface area contributed by atoms with E-state index in [4.69, 9.17) is 4.42 Å². The van der Waals surface area contributed by atoms with Crippen LogP contribution in [0, 0.1) is 0 Å². The normalized spacial score (nSPS) is 11.0. The van der Waals surface area contributed by atoms with Gasteiger partial charge in [0, 0.05) is 18.7 Å². The number of benzene rings is 1. The minimum Gasteiger partial charge on any atom is -0.446 e. The van der Waals surface area contributed by atoms with Crippen LogP contribution >= 0.6 is 0 Å². The van der Waals surface area contributed by atoms with Gasteiger partial charge in [-0.2, -0.15) is 13.2 Å². The highest BCUT2D eigenvalue weighted by molar-refractivity contribution is 5.94. The van der Waals surface area contributed by atoms with Crippen molar-refractivity contribution in [2.45, 2.75) is 12.7 Å². The van der Waals surface area contributed by atoms with E-state index >= 15 is 0 Å². The Kier molecular flexibility index (Phi) is 6.75. The summed E-state index contributed by atoms with van der Waals surface area (Å²) in [5.41, 5.74) is -1.04. The summed E-state index contributed by atoms with van der Waals surface area (Å²) in [7, 11) is 0. The molecule has 0 unspecified atom stereocenters. The van der Waals surface area contributed by atoms with E-state index in [-0.39, 0.29) is 36.8 Å². The average Bonchev–Trinajstić information content (AvgIpc) is 3.13. The van der Waals surface area contributed by atoms with Crippen LogP contribution in [0.3, 0.4) is 0 Å². The second-order valence-electron chi connectivity index (χ2n) is 5.68. The van der Waals surface area contributed by atoms with Gasteiger partial charge in [0.05, 0.1) is 12.1 Å². The van der Waals surface area contributed by atoms with Crippen molar-refractivity contribution in [1.82, 2.24) is 15.2 Å². The number of oxazole rings is 1. The van der Waals surface area contributed by atoms with E-state index in [2.05, 4.69) is 23.5 Å². The van der Waals surface area contributed by atoms with E-state index in [1.54, 1.807) is 0 Å². The van der Waals surface area contributed by atoms with Gasteiger partial charge in [-0.1, -0.05) is 18.2 Å². The number of nitrogens with one attached hydrogen (secondary N) is 1. The third-order valence-corrected chi connectivity index (χ3v) is 3.59. The van der Waals surface area contributed by atoms with Crippen LogP contribution in [0.1, 0.15) is 32.3 Å². The summed E-state index contributed by atoms with van der Waals surface area (Å²) in [6, 6.07) is 4.12. The van der Waals surface area contributed by atoms with Gasteiger partial charge in [-0.3, -0.25) is 9.59 Å². The Morgan fingerprint density at radius 1 is 1.25 bits per heavy atom. The fourth-order valence-corrected chi connectivity index (χ4v) is 2.29. The molecule has 0 bridgehead atoms. The number of carbonyl (C=O) groups excluding carboxylic acids is 2. The smallest absolute Gasteiger partial charge is 0.416 e. The van der Waals surface area contributed by atoms with Gasteiger partial charge in [-0.05, 0) is 18.2 Å². The molecule has 2 aromatic rings. The van der Waals surface area contributed by atoms with Gasteiger partial charge in [0.2, 0.25) is 5.89 Å². The van der Waals surface area contributed by atoms with Crippen LogP contribution in [-0.2, 0) is 12.7 Å². The Morgan fingerprint density at radius 3 is 2.64 bits per heavy atom. The van der Waals surface area contributed by atoms with Crippen molar-refractivity contribution in [3.63, 3.8) is 0 Å². The quantitative estimate of drug-likeness (QED) is 0.697. The van der Waals surface area contributed by atoms with Crippen LogP contribution in [-0.4, -0.2) is 34.8 Å². The summed E-state index contributed by atoms with van der Waals surface area (Å²) in [6.45, 7) is 7.18. The molecule has 0 aliphatic rings. The van der Waals surface area contributed by atoms with Crippen LogP contribution in [0.2, 0.25) is 0 Å². The third kappa shape index (κ3) is 5.32. The monoisotopic (exact) mass is 393 g/mol. The van der Waals surface area contributed by atoms with Crippen molar-refractivity contribution in [3.8, 4) is 0 Å². The van der Waals surface area contributed by atoms with E-state index < -0.39 is 23.6 Å².